The predicted octanol–water partition coefficient (Wildman–Crippen LogP) is 5.25. The largest absolute Gasteiger partial charge is 0.496 e. The first-order valence-electron chi connectivity index (χ1n) is 8.29. The molecule has 26 heavy (non-hydrogen) atoms. The van der Waals surface area contributed by atoms with Crippen molar-refractivity contribution in [2.45, 2.75) is 18.3 Å². The summed E-state index contributed by atoms with van der Waals surface area (Å²) in [6, 6.07) is 15.8. The van der Waals surface area contributed by atoms with Gasteiger partial charge in [0, 0.05) is 10.9 Å². The number of aromatic nitrogens is 1. The molecule has 132 valence electrons. The number of carbonyl (C=O) groups excluding carboxylic acids is 1. The van der Waals surface area contributed by atoms with Crippen molar-refractivity contribution in [3.63, 3.8) is 0 Å². The lowest BCUT2D eigenvalue weighted by molar-refractivity contribution is -0.118. The number of ether oxygens (including phenoxy) is 1. The Morgan fingerprint density at radius 2 is 2.00 bits per heavy atom. The third-order valence-electron chi connectivity index (χ3n) is 4.68. The van der Waals surface area contributed by atoms with Gasteiger partial charge in [-0.05, 0) is 52.5 Å². The highest BCUT2D eigenvalue weighted by Gasteiger charge is 2.51. The van der Waals surface area contributed by atoms with Gasteiger partial charge in [0.05, 0.1) is 22.7 Å². The van der Waals surface area contributed by atoms with Crippen LogP contribution in [0.5, 0.6) is 5.75 Å². The van der Waals surface area contributed by atoms with Crippen LogP contribution in [0.25, 0.3) is 11.3 Å². The van der Waals surface area contributed by atoms with Crippen molar-refractivity contribution in [3.8, 4) is 17.0 Å². The maximum Gasteiger partial charge on any atom is 0.236 e. The quantitative estimate of drug-likeness (QED) is 0.603. The Morgan fingerprint density at radius 3 is 2.65 bits per heavy atom. The smallest absolute Gasteiger partial charge is 0.236 e. The number of nitrogens with one attached hydrogen (secondary N) is 1. The zero-order valence-corrected chi connectivity index (χ0v) is 16.6. The Morgan fingerprint density at radius 1 is 1.23 bits per heavy atom. The third kappa shape index (κ3) is 3.15. The molecule has 4 nitrogen and oxygen atoms in total. The number of rotatable bonds is 5. The standard InChI is InChI=1S/C20H17BrN2O2S/c1-25-17-8-7-13(11-15(17)21)16-12-26-19(22-16)23-18(24)20(9-10-20)14-5-3-2-4-6-14/h2-8,11-12H,9-10H2,1H3,(H,22,23,24). The monoisotopic (exact) mass is 428 g/mol. The minimum atomic E-state index is -0.393. The fourth-order valence-corrected chi connectivity index (χ4v) is 4.29. The lowest BCUT2D eigenvalue weighted by atomic mass is 9.95. The molecule has 0 radical (unpaired) electrons. The number of carbonyl (C=O) groups is 1. The normalized spacial score (nSPS) is 14.7. The van der Waals surface area contributed by atoms with Crippen LogP contribution in [0.2, 0.25) is 0 Å². The van der Waals surface area contributed by atoms with Crippen LogP contribution < -0.4 is 10.1 Å². The summed E-state index contributed by atoms with van der Waals surface area (Å²) in [5.74, 6) is 0.802. The number of benzene rings is 2. The number of hydrogen-bond donors (Lipinski definition) is 1. The molecule has 1 saturated carbocycles. The molecule has 1 N–H and O–H groups in total. The van der Waals surface area contributed by atoms with E-state index in [9.17, 15) is 4.79 Å². The van der Waals surface area contributed by atoms with Crippen LogP contribution in [0, 0.1) is 0 Å². The molecular weight excluding hydrogens is 412 g/mol. The van der Waals surface area contributed by atoms with E-state index in [-0.39, 0.29) is 5.91 Å². The summed E-state index contributed by atoms with van der Waals surface area (Å²) in [4.78, 5) is 17.4. The molecule has 1 amide bonds. The van der Waals surface area contributed by atoms with Gasteiger partial charge in [0.2, 0.25) is 5.91 Å². The van der Waals surface area contributed by atoms with E-state index in [0.717, 1.165) is 39.9 Å². The highest BCUT2D eigenvalue weighted by atomic mass is 79.9. The Bertz CT molecular complexity index is 951. The number of hydrogen-bond acceptors (Lipinski definition) is 4. The first-order valence-corrected chi connectivity index (χ1v) is 9.96. The zero-order valence-electron chi connectivity index (χ0n) is 14.2. The van der Waals surface area contributed by atoms with Gasteiger partial charge in [-0.25, -0.2) is 4.98 Å². The maximum atomic E-state index is 12.8. The Kier molecular flexibility index (Phi) is 4.54. The van der Waals surface area contributed by atoms with Gasteiger partial charge in [-0.15, -0.1) is 11.3 Å². The minimum Gasteiger partial charge on any atom is -0.496 e. The molecular formula is C20H17BrN2O2S. The van der Waals surface area contributed by atoms with Crippen LogP contribution in [0.1, 0.15) is 18.4 Å². The van der Waals surface area contributed by atoms with Crippen molar-refractivity contribution in [3.05, 3.63) is 63.9 Å². The summed E-state index contributed by atoms with van der Waals surface area (Å²) in [5.41, 5.74) is 2.49. The van der Waals surface area contributed by atoms with Crippen molar-refractivity contribution in [2.75, 3.05) is 12.4 Å². The lowest BCUT2D eigenvalue weighted by Crippen LogP contribution is -2.27. The van der Waals surface area contributed by atoms with Gasteiger partial charge in [0.1, 0.15) is 5.75 Å². The number of anilines is 1. The highest BCUT2D eigenvalue weighted by Crippen LogP contribution is 2.49. The van der Waals surface area contributed by atoms with Gasteiger partial charge in [0.25, 0.3) is 0 Å². The summed E-state index contributed by atoms with van der Waals surface area (Å²) >= 11 is 4.93. The van der Waals surface area contributed by atoms with Crippen LogP contribution in [0.3, 0.4) is 0 Å². The van der Waals surface area contributed by atoms with E-state index >= 15 is 0 Å². The van der Waals surface area contributed by atoms with Crippen molar-refractivity contribution >= 4 is 38.3 Å². The number of methoxy groups -OCH3 is 1. The Balaban J connectivity index is 1.52. The summed E-state index contributed by atoms with van der Waals surface area (Å²) in [6.07, 6.45) is 1.76. The average Bonchev–Trinajstić information content (AvgIpc) is 3.36. The number of halogens is 1. The van der Waals surface area contributed by atoms with E-state index < -0.39 is 5.41 Å². The van der Waals surface area contributed by atoms with Gasteiger partial charge >= 0.3 is 0 Å². The Hall–Kier alpha value is -2.18. The first kappa shape index (κ1) is 17.2. The molecule has 0 saturated heterocycles. The van der Waals surface area contributed by atoms with Gasteiger partial charge in [-0.1, -0.05) is 30.3 Å². The van der Waals surface area contributed by atoms with Crippen LogP contribution in [-0.4, -0.2) is 18.0 Å². The molecule has 0 unspecified atom stereocenters. The molecule has 1 aliphatic carbocycles. The summed E-state index contributed by atoms with van der Waals surface area (Å²) in [6.45, 7) is 0. The molecule has 0 spiro atoms. The van der Waals surface area contributed by atoms with E-state index in [0.29, 0.717) is 5.13 Å². The van der Waals surface area contributed by atoms with E-state index in [1.165, 1.54) is 11.3 Å². The van der Waals surface area contributed by atoms with Gasteiger partial charge in [-0.3, -0.25) is 4.79 Å². The van der Waals surface area contributed by atoms with Crippen molar-refractivity contribution in [2.24, 2.45) is 0 Å². The topological polar surface area (TPSA) is 51.2 Å². The molecule has 2 aromatic carbocycles. The average molecular weight is 429 g/mol. The maximum absolute atomic E-state index is 12.8. The number of amides is 1. The molecule has 0 bridgehead atoms. The Labute approximate surface area is 164 Å². The fraction of sp³-hybridized carbons (Fsp3) is 0.200. The van der Waals surface area contributed by atoms with Gasteiger partial charge < -0.3 is 10.1 Å². The van der Waals surface area contributed by atoms with Crippen LogP contribution in [0.4, 0.5) is 5.13 Å². The van der Waals surface area contributed by atoms with Gasteiger partial charge in [0.15, 0.2) is 5.13 Å². The molecule has 0 aliphatic heterocycles. The fourth-order valence-electron chi connectivity index (χ4n) is 3.04. The van der Waals surface area contributed by atoms with Crippen LogP contribution >= 0.6 is 27.3 Å². The molecule has 1 aromatic heterocycles. The second-order valence-electron chi connectivity index (χ2n) is 6.29. The van der Waals surface area contributed by atoms with Crippen molar-refractivity contribution in [1.29, 1.82) is 0 Å². The number of nitrogens with zero attached hydrogens (tertiary/aromatic N) is 1. The molecule has 4 rings (SSSR count). The van der Waals surface area contributed by atoms with E-state index in [2.05, 4.69) is 26.2 Å². The SMILES string of the molecule is COc1ccc(-c2csc(NC(=O)C3(c4ccccc4)CC3)n2)cc1Br. The van der Waals surface area contributed by atoms with E-state index in [1.807, 2.05) is 53.9 Å². The summed E-state index contributed by atoms with van der Waals surface area (Å²) in [7, 11) is 1.64. The second-order valence-corrected chi connectivity index (χ2v) is 8.00. The molecule has 1 aliphatic rings. The third-order valence-corrected chi connectivity index (χ3v) is 6.06. The zero-order chi connectivity index (χ0) is 18.1. The molecule has 3 aromatic rings. The lowest BCUT2D eigenvalue weighted by Gasteiger charge is -2.14. The number of thiazole rings is 1. The molecule has 0 atom stereocenters. The van der Waals surface area contributed by atoms with E-state index in [4.69, 9.17) is 4.74 Å². The molecule has 6 heteroatoms. The minimum absolute atomic E-state index is 0.0283. The summed E-state index contributed by atoms with van der Waals surface area (Å²) in [5, 5.41) is 5.58. The van der Waals surface area contributed by atoms with Gasteiger partial charge in [-0.2, -0.15) is 0 Å². The van der Waals surface area contributed by atoms with Crippen LogP contribution in [-0.2, 0) is 10.2 Å². The molecule has 1 fully saturated rings. The highest BCUT2D eigenvalue weighted by molar-refractivity contribution is 9.10. The second kappa shape index (κ2) is 6.85. The predicted molar refractivity (Wildman–Crippen MR) is 108 cm³/mol. The van der Waals surface area contributed by atoms with Crippen LogP contribution in [0.15, 0.2) is 58.4 Å². The van der Waals surface area contributed by atoms with E-state index in [1.54, 1.807) is 7.11 Å². The first-order chi connectivity index (χ1) is 12.6. The van der Waals surface area contributed by atoms with Crippen molar-refractivity contribution < 1.29 is 9.53 Å². The van der Waals surface area contributed by atoms with Crippen molar-refractivity contribution in [1.82, 2.24) is 4.98 Å². The molecule has 1 heterocycles. The summed E-state index contributed by atoms with van der Waals surface area (Å²) < 4.78 is 6.13.